The topological polar surface area (TPSA) is 55.4 Å². The molecule has 0 radical (unpaired) electrons. The first-order valence-corrected chi connectivity index (χ1v) is 8.95. The van der Waals surface area contributed by atoms with Crippen LogP contribution in [0.1, 0.15) is 25.8 Å². The number of nitrogens with one attached hydrogen (secondary N) is 1. The van der Waals surface area contributed by atoms with Crippen LogP contribution in [-0.4, -0.2) is 14.0 Å². The molecule has 1 heterocycles. The Kier molecular flexibility index (Phi) is 3.99. The fraction of sp³-hybridized carbons (Fsp3) is 0.294. The molecule has 2 aromatic carbocycles. The third kappa shape index (κ3) is 3.21. The smallest absolute Gasteiger partial charge is 0.262 e. The van der Waals surface area contributed by atoms with Crippen molar-refractivity contribution in [2.24, 2.45) is 0 Å². The molecule has 7 heteroatoms. The first kappa shape index (κ1) is 16.7. The first-order valence-electron chi connectivity index (χ1n) is 7.47. The predicted molar refractivity (Wildman–Crippen MR) is 86.6 cm³/mol. The molecule has 0 atom stereocenters. The van der Waals surface area contributed by atoms with Crippen molar-refractivity contribution in [1.82, 2.24) is 0 Å². The zero-order valence-electron chi connectivity index (χ0n) is 13.3. The molecule has 0 fully saturated rings. The minimum absolute atomic E-state index is 0.0628. The second kappa shape index (κ2) is 5.73. The van der Waals surface area contributed by atoms with E-state index < -0.39 is 27.3 Å². The second-order valence-corrected chi connectivity index (χ2v) is 8.02. The molecule has 0 bridgehead atoms. The number of ether oxygens (including phenoxy) is 1. The van der Waals surface area contributed by atoms with Gasteiger partial charge in [0.25, 0.3) is 10.0 Å². The van der Waals surface area contributed by atoms with Gasteiger partial charge in [0, 0.05) is 0 Å². The fourth-order valence-electron chi connectivity index (χ4n) is 2.59. The van der Waals surface area contributed by atoms with Crippen LogP contribution in [-0.2, 0) is 16.4 Å². The lowest BCUT2D eigenvalue weighted by Gasteiger charge is -2.32. The van der Waals surface area contributed by atoms with E-state index in [-0.39, 0.29) is 10.5 Å². The molecule has 128 valence electrons. The van der Waals surface area contributed by atoms with Gasteiger partial charge in [-0.05, 0) is 62.6 Å². The highest BCUT2D eigenvalue weighted by Crippen LogP contribution is 2.34. The van der Waals surface area contributed by atoms with Crippen LogP contribution < -0.4 is 9.46 Å². The maximum atomic E-state index is 13.7. The number of para-hydroxylation sites is 1. The lowest BCUT2D eigenvalue weighted by molar-refractivity contribution is 0.0845. The summed E-state index contributed by atoms with van der Waals surface area (Å²) in [6.07, 6.45) is 1.42. The molecular formula is C17H17F2NO3S. The Labute approximate surface area is 139 Å². The summed E-state index contributed by atoms with van der Waals surface area (Å²) < 4.78 is 60.0. The van der Waals surface area contributed by atoms with Crippen molar-refractivity contribution in [2.75, 3.05) is 4.72 Å². The Morgan fingerprint density at radius 2 is 1.79 bits per heavy atom. The maximum Gasteiger partial charge on any atom is 0.262 e. The lowest BCUT2D eigenvalue weighted by Crippen LogP contribution is -2.32. The van der Waals surface area contributed by atoms with E-state index in [0.29, 0.717) is 12.2 Å². The average Bonchev–Trinajstić information content (AvgIpc) is 2.50. The van der Waals surface area contributed by atoms with Crippen molar-refractivity contribution in [3.05, 3.63) is 53.6 Å². The molecule has 3 rings (SSSR count). The summed E-state index contributed by atoms with van der Waals surface area (Å²) in [5.74, 6) is -1.31. The van der Waals surface area contributed by atoms with E-state index in [1.54, 1.807) is 6.07 Å². The van der Waals surface area contributed by atoms with Crippen LogP contribution in [0, 0.1) is 11.6 Å². The summed E-state index contributed by atoms with van der Waals surface area (Å²) in [5.41, 5.74) is -0.235. The molecular weight excluding hydrogens is 336 g/mol. The van der Waals surface area contributed by atoms with E-state index in [1.807, 2.05) is 18.6 Å². The molecule has 4 nitrogen and oxygen atoms in total. The number of hydrogen-bond donors (Lipinski definition) is 1. The Hall–Kier alpha value is -2.15. The highest BCUT2D eigenvalue weighted by molar-refractivity contribution is 7.92. The molecule has 1 aliphatic rings. The van der Waals surface area contributed by atoms with Crippen LogP contribution in [0.4, 0.5) is 14.5 Å². The van der Waals surface area contributed by atoms with Gasteiger partial charge < -0.3 is 4.74 Å². The Balaban J connectivity index is 1.94. The van der Waals surface area contributed by atoms with Crippen LogP contribution in [0.3, 0.4) is 0 Å². The van der Waals surface area contributed by atoms with Crippen LogP contribution >= 0.6 is 0 Å². The molecule has 0 amide bonds. The number of benzene rings is 2. The number of aryl methyl sites for hydroxylation is 1. The number of halogens is 2. The number of hydrogen-bond acceptors (Lipinski definition) is 3. The molecule has 0 aliphatic carbocycles. The lowest BCUT2D eigenvalue weighted by atomic mass is 9.94. The van der Waals surface area contributed by atoms with Crippen molar-refractivity contribution >= 4 is 15.7 Å². The number of rotatable bonds is 3. The predicted octanol–water partition coefficient (Wildman–Crippen LogP) is 3.87. The fourth-order valence-corrected chi connectivity index (χ4v) is 3.72. The van der Waals surface area contributed by atoms with Crippen molar-refractivity contribution in [1.29, 1.82) is 0 Å². The standard InChI is InChI=1S/C17H17F2NO3S/c1-17(2)9-8-11-10-12(6-7-15(11)23-17)24(21,22)20-16-13(18)4-3-5-14(16)19/h3-7,10,20H,8-9H2,1-2H3. The van der Waals surface area contributed by atoms with Crippen LogP contribution in [0.5, 0.6) is 5.75 Å². The highest BCUT2D eigenvalue weighted by Gasteiger charge is 2.28. The van der Waals surface area contributed by atoms with Crippen LogP contribution in [0.15, 0.2) is 41.3 Å². The zero-order valence-corrected chi connectivity index (χ0v) is 14.1. The van der Waals surface area contributed by atoms with Gasteiger partial charge in [0.05, 0.1) is 4.90 Å². The second-order valence-electron chi connectivity index (χ2n) is 6.33. The highest BCUT2D eigenvalue weighted by atomic mass is 32.2. The minimum atomic E-state index is -4.11. The molecule has 0 saturated carbocycles. The summed E-state index contributed by atoms with van der Waals surface area (Å²) in [7, 11) is -4.11. The van der Waals surface area contributed by atoms with Crippen molar-refractivity contribution < 1.29 is 21.9 Å². The third-order valence-corrected chi connectivity index (χ3v) is 5.27. The normalized spacial score (nSPS) is 16.2. The SMILES string of the molecule is CC1(C)CCc2cc(S(=O)(=O)Nc3c(F)cccc3F)ccc2O1. The molecule has 2 aromatic rings. The van der Waals surface area contributed by atoms with E-state index in [4.69, 9.17) is 4.74 Å². The number of fused-ring (bicyclic) bond motifs is 1. The van der Waals surface area contributed by atoms with Gasteiger partial charge in [0.15, 0.2) is 0 Å². The molecule has 0 spiro atoms. The minimum Gasteiger partial charge on any atom is -0.488 e. The molecule has 24 heavy (non-hydrogen) atoms. The summed E-state index contributed by atoms with van der Waals surface area (Å²) in [6, 6.07) is 7.56. The third-order valence-electron chi connectivity index (χ3n) is 3.92. The van der Waals surface area contributed by atoms with Gasteiger partial charge in [-0.15, -0.1) is 0 Å². The average molecular weight is 353 g/mol. The summed E-state index contributed by atoms with van der Waals surface area (Å²) in [6.45, 7) is 3.92. The van der Waals surface area contributed by atoms with E-state index in [1.165, 1.54) is 18.2 Å². The Morgan fingerprint density at radius 3 is 2.46 bits per heavy atom. The molecule has 1 aliphatic heterocycles. The van der Waals surface area contributed by atoms with E-state index in [0.717, 1.165) is 24.1 Å². The molecule has 1 N–H and O–H groups in total. The maximum absolute atomic E-state index is 13.7. The van der Waals surface area contributed by atoms with E-state index >= 15 is 0 Å². The summed E-state index contributed by atoms with van der Waals surface area (Å²) >= 11 is 0. The van der Waals surface area contributed by atoms with Gasteiger partial charge in [0.1, 0.15) is 28.7 Å². The first-order chi connectivity index (χ1) is 11.2. The van der Waals surface area contributed by atoms with Gasteiger partial charge in [-0.3, -0.25) is 4.72 Å². The van der Waals surface area contributed by atoms with Crippen molar-refractivity contribution in [3.8, 4) is 5.75 Å². The molecule has 0 aromatic heterocycles. The van der Waals surface area contributed by atoms with E-state index in [9.17, 15) is 17.2 Å². The molecule has 0 unspecified atom stereocenters. The summed E-state index contributed by atoms with van der Waals surface area (Å²) in [4.78, 5) is -0.0628. The monoisotopic (exact) mass is 353 g/mol. The van der Waals surface area contributed by atoms with Crippen LogP contribution in [0.2, 0.25) is 0 Å². The van der Waals surface area contributed by atoms with E-state index in [2.05, 4.69) is 0 Å². The Bertz CT molecular complexity index is 874. The Morgan fingerprint density at radius 1 is 1.12 bits per heavy atom. The van der Waals surface area contributed by atoms with Crippen molar-refractivity contribution in [3.63, 3.8) is 0 Å². The van der Waals surface area contributed by atoms with Gasteiger partial charge in [-0.25, -0.2) is 17.2 Å². The summed E-state index contributed by atoms with van der Waals surface area (Å²) in [5, 5.41) is 0. The quantitative estimate of drug-likeness (QED) is 0.911. The largest absolute Gasteiger partial charge is 0.488 e. The van der Waals surface area contributed by atoms with Crippen LogP contribution in [0.25, 0.3) is 0 Å². The number of sulfonamides is 1. The van der Waals surface area contributed by atoms with Gasteiger partial charge in [0.2, 0.25) is 0 Å². The van der Waals surface area contributed by atoms with Gasteiger partial charge in [-0.2, -0.15) is 0 Å². The molecule has 0 saturated heterocycles. The van der Waals surface area contributed by atoms with Gasteiger partial charge >= 0.3 is 0 Å². The van der Waals surface area contributed by atoms with Crippen molar-refractivity contribution in [2.45, 2.75) is 37.2 Å². The number of anilines is 1. The van der Waals surface area contributed by atoms with Gasteiger partial charge in [-0.1, -0.05) is 6.07 Å². The zero-order chi connectivity index (χ0) is 17.5.